The highest BCUT2D eigenvalue weighted by atomic mass is 16.4. The van der Waals surface area contributed by atoms with Crippen LogP contribution in [0.15, 0.2) is 42.5 Å². The minimum Gasteiger partial charge on any atom is -0.478 e. The van der Waals surface area contributed by atoms with Gasteiger partial charge < -0.3 is 9.67 Å². The van der Waals surface area contributed by atoms with Crippen molar-refractivity contribution in [2.24, 2.45) is 0 Å². The first kappa shape index (κ1) is 14.8. The van der Waals surface area contributed by atoms with Gasteiger partial charge in [0.2, 0.25) is 0 Å². The quantitative estimate of drug-likeness (QED) is 0.797. The second-order valence-corrected chi connectivity index (χ2v) is 5.28. The van der Waals surface area contributed by atoms with E-state index in [-0.39, 0.29) is 5.56 Å². The zero-order valence-corrected chi connectivity index (χ0v) is 12.7. The van der Waals surface area contributed by atoms with E-state index in [0.29, 0.717) is 5.56 Å². The summed E-state index contributed by atoms with van der Waals surface area (Å²) in [6.45, 7) is 2.89. The lowest BCUT2D eigenvalue weighted by Gasteiger charge is -2.08. The lowest BCUT2D eigenvalue weighted by molar-refractivity contribution is 0.0697. The number of carboxylic acids is 1. The molecule has 0 saturated heterocycles. The molecule has 0 aliphatic carbocycles. The van der Waals surface area contributed by atoms with Crippen LogP contribution in [0.4, 0.5) is 0 Å². The Hall–Kier alpha value is -3.13. The highest BCUT2D eigenvalue weighted by Crippen LogP contribution is 2.26. The van der Waals surface area contributed by atoms with Crippen molar-refractivity contribution < 1.29 is 9.90 Å². The normalized spacial score (nSPS) is 10.6. The maximum absolute atomic E-state index is 11.0. The number of hydrogen-bond donors (Lipinski definition) is 1. The number of aromatic nitrogens is 2. The first-order valence-corrected chi connectivity index (χ1v) is 7.38. The first-order valence-electron chi connectivity index (χ1n) is 7.38. The third-order valence-corrected chi connectivity index (χ3v) is 3.71. The fourth-order valence-corrected chi connectivity index (χ4v) is 2.63. The van der Waals surface area contributed by atoms with Gasteiger partial charge in [0.15, 0.2) is 0 Å². The molecule has 0 spiro atoms. The molecule has 0 fully saturated rings. The van der Waals surface area contributed by atoms with Gasteiger partial charge in [-0.2, -0.15) is 5.26 Å². The molecule has 0 radical (unpaired) electrons. The van der Waals surface area contributed by atoms with Crippen LogP contribution in [0.1, 0.15) is 29.3 Å². The van der Waals surface area contributed by atoms with Crippen molar-refractivity contribution in [3.05, 3.63) is 53.6 Å². The van der Waals surface area contributed by atoms with E-state index in [4.69, 9.17) is 10.4 Å². The molecule has 1 heterocycles. The fourth-order valence-electron chi connectivity index (χ4n) is 2.63. The summed E-state index contributed by atoms with van der Waals surface area (Å²) in [4.78, 5) is 15.6. The van der Waals surface area contributed by atoms with Crippen LogP contribution >= 0.6 is 0 Å². The minimum absolute atomic E-state index is 0.249. The number of fused-ring (bicyclic) bond motifs is 1. The van der Waals surface area contributed by atoms with Gasteiger partial charge >= 0.3 is 5.97 Å². The van der Waals surface area contributed by atoms with Crippen LogP contribution in [0.5, 0.6) is 0 Å². The van der Waals surface area contributed by atoms with Crippen LogP contribution in [0.25, 0.3) is 22.4 Å². The van der Waals surface area contributed by atoms with E-state index in [1.54, 1.807) is 36.4 Å². The van der Waals surface area contributed by atoms with Gasteiger partial charge in [-0.15, -0.1) is 0 Å². The molecule has 1 aromatic heterocycles. The van der Waals surface area contributed by atoms with E-state index in [2.05, 4.69) is 22.5 Å². The van der Waals surface area contributed by atoms with E-state index in [0.717, 1.165) is 35.4 Å². The van der Waals surface area contributed by atoms with E-state index in [1.807, 2.05) is 6.07 Å². The van der Waals surface area contributed by atoms with Gasteiger partial charge in [0, 0.05) is 12.1 Å². The lowest BCUT2D eigenvalue weighted by atomic mass is 10.1. The van der Waals surface area contributed by atoms with Crippen molar-refractivity contribution in [1.29, 1.82) is 5.26 Å². The fraction of sp³-hybridized carbons (Fsp3) is 0.167. The highest BCUT2D eigenvalue weighted by Gasteiger charge is 2.13. The number of imidazole rings is 1. The molecule has 0 amide bonds. The Morgan fingerprint density at radius 3 is 2.61 bits per heavy atom. The molecule has 114 valence electrons. The van der Waals surface area contributed by atoms with Gasteiger partial charge in [0.1, 0.15) is 5.82 Å². The van der Waals surface area contributed by atoms with Crippen LogP contribution in [-0.4, -0.2) is 20.6 Å². The van der Waals surface area contributed by atoms with Gasteiger partial charge in [-0.1, -0.05) is 19.1 Å². The van der Waals surface area contributed by atoms with Gasteiger partial charge in [-0.3, -0.25) is 0 Å². The number of hydrogen-bond acceptors (Lipinski definition) is 3. The van der Waals surface area contributed by atoms with Crippen molar-refractivity contribution in [2.45, 2.75) is 19.9 Å². The first-order chi connectivity index (χ1) is 11.1. The maximum atomic E-state index is 11.0. The summed E-state index contributed by atoms with van der Waals surface area (Å²) in [5.41, 5.74) is 3.43. The number of aromatic carboxylic acids is 1. The summed E-state index contributed by atoms with van der Waals surface area (Å²) < 4.78 is 2.10. The molecule has 5 nitrogen and oxygen atoms in total. The summed E-state index contributed by atoms with van der Waals surface area (Å²) in [5, 5.41) is 18.0. The van der Waals surface area contributed by atoms with Gasteiger partial charge in [0.25, 0.3) is 0 Å². The average molecular weight is 305 g/mol. The Bertz CT molecular complexity index is 918. The number of nitriles is 1. The van der Waals surface area contributed by atoms with Crippen LogP contribution < -0.4 is 0 Å². The zero-order chi connectivity index (χ0) is 16.4. The Balaban J connectivity index is 2.17. The van der Waals surface area contributed by atoms with Crippen molar-refractivity contribution >= 4 is 17.0 Å². The molecule has 3 aromatic rings. The summed E-state index contributed by atoms with van der Waals surface area (Å²) in [5.74, 6) is -0.161. The molecule has 0 saturated carbocycles. The molecular formula is C18H15N3O2. The summed E-state index contributed by atoms with van der Waals surface area (Å²) >= 11 is 0. The highest BCUT2D eigenvalue weighted by molar-refractivity contribution is 5.88. The smallest absolute Gasteiger partial charge is 0.335 e. The molecular weight excluding hydrogens is 290 g/mol. The molecule has 0 aliphatic rings. The number of nitrogens with zero attached hydrogens (tertiary/aromatic N) is 3. The second-order valence-electron chi connectivity index (χ2n) is 5.28. The molecule has 2 aromatic carbocycles. The number of benzene rings is 2. The summed E-state index contributed by atoms with van der Waals surface area (Å²) in [7, 11) is 0. The minimum atomic E-state index is -0.947. The van der Waals surface area contributed by atoms with Crippen LogP contribution in [-0.2, 0) is 6.54 Å². The molecule has 1 N–H and O–H groups in total. The van der Waals surface area contributed by atoms with Crippen molar-refractivity contribution in [3.8, 4) is 17.5 Å². The Morgan fingerprint density at radius 1 is 1.26 bits per heavy atom. The van der Waals surface area contributed by atoms with Crippen LogP contribution in [0.2, 0.25) is 0 Å². The predicted octanol–water partition coefficient (Wildman–Crippen LogP) is 3.68. The van der Waals surface area contributed by atoms with Crippen molar-refractivity contribution in [3.63, 3.8) is 0 Å². The van der Waals surface area contributed by atoms with Crippen LogP contribution in [0.3, 0.4) is 0 Å². The number of rotatable bonds is 4. The molecule has 3 rings (SSSR count). The van der Waals surface area contributed by atoms with Crippen LogP contribution in [0, 0.1) is 11.3 Å². The Kier molecular flexibility index (Phi) is 3.82. The Morgan fingerprint density at radius 2 is 2.00 bits per heavy atom. The molecule has 0 aliphatic heterocycles. The van der Waals surface area contributed by atoms with E-state index in [9.17, 15) is 4.79 Å². The van der Waals surface area contributed by atoms with Gasteiger partial charge in [-0.25, -0.2) is 9.78 Å². The van der Waals surface area contributed by atoms with Gasteiger partial charge in [0.05, 0.1) is 28.2 Å². The Labute approximate surface area is 133 Å². The monoisotopic (exact) mass is 305 g/mol. The molecule has 0 atom stereocenters. The summed E-state index contributed by atoms with van der Waals surface area (Å²) in [6.07, 6.45) is 0.950. The van der Waals surface area contributed by atoms with E-state index >= 15 is 0 Å². The van der Waals surface area contributed by atoms with E-state index in [1.165, 1.54) is 0 Å². The number of carbonyl (C=O) groups is 1. The molecule has 0 unspecified atom stereocenters. The standard InChI is InChI=1S/C18H15N3O2/c1-2-9-21-16-8-3-12(11-19)10-15(16)20-17(21)13-4-6-14(7-5-13)18(22)23/h3-8,10H,2,9H2,1H3,(H,22,23). The summed E-state index contributed by atoms with van der Waals surface area (Å²) in [6, 6.07) is 14.3. The second kappa shape index (κ2) is 5.93. The molecule has 0 bridgehead atoms. The van der Waals surface area contributed by atoms with Crippen molar-refractivity contribution in [2.75, 3.05) is 0 Å². The largest absolute Gasteiger partial charge is 0.478 e. The lowest BCUT2D eigenvalue weighted by Crippen LogP contribution is -2.00. The number of carboxylic acid groups (broad SMARTS) is 1. The molecule has 5 heteroatoms. The third kappa shape index (κ3) is 2.67. The van der Waals surface area contributed by atoms with E-state index < -0.39 is 5.97 Å². The van der Waals surface area contributed by atoms with Crippen molar-refractivity contribution in [1.82, 2.24) is 9.55 Å². The SMILES string of the molecule is CCCn1c(-c2ccc(C(=O)O)cc2)nc2cc(C#N)ccc21. The average Bonchev–Trinajstić information content (AvgIpc) is 2.93. The topological polar surface area (TPSA) is 78.9 Å². The molecule has 23 heavy (non-hydrogen) atoms. The van der Waals surface area contributed by atoms with Gasteiger partial charge in [-0.05, 0) is 36.8 Å². The predicted molar refractivity (Wildman–Crippen MR) is 87.1 cm³/mol. The maximum Gasteiger partial charge on any atom is 0.335 e. The number of aryl methyl sites for hydroxylation is 1. The third-order valence-electron chi connectivity index (χ3n) is 3.71. The zero-order valence-electron chi connectivity index (χ0n) is 12.7.